The smallest absolute Gasteiger partial charge is 0.323 e. The number of carboxylic acids is 1. The van der Waals surface area contributed by atoms with E-state index in [0.717, 1.165) is 0 Å². The molecule has 0 radical (unpaired) electrons. The molecule has 0 aliphatic heterocycles. The molecule has 0 saturated heterocycles. The first-order chi connectivity index (χ1) is 6.94. The number of rotatable bonds is 6. The van der Waals surface area contributed by atoms with Crippen LogP contribution in [0.1, 0.15) is 47.0 Å². The molecule has 1 N–H and O–H groups in total. The Labute approximate surface area is 90.6 Å². The van der Waals surface area contributed by atoms with E-state index >= 15 is 0 Å². The Bertz CT molecular complexity index is 231. The molecule has 88 valence electrons. The maximum atomic E-state index is 11.7. The number of aliphatic carboxylic acids is 1. The summed E-state index contributed by atoms with van der Waals surface area (Å²) in [6.07, 6.45) is 0.978. The van der Waals surface area contributed by atoms with E-state index in [9.17, 15) is 9.59 Å². The van der Waals surface area contributed by atoms with Crippen LogP contribution in [0.25, 0.3) is 0 Å². The maximum Gasteiger partial charge on any atom is 0.323 e. The molecule has 1 unspecified atom stereocenters. The minimum atomic E-state index is -1.37. The summed E-state index contributed by atoms with van der Waals surface area (Å²) in [7, 11) is 0. The molecule has 0 aromatic rings. The van der Waals surface area contributed by atoms with Gasteiger partial charge in [-0.05, 0) is 26.2 Å². The number of carbonyl (C=O) groups excluding carboxylic acids is 1. The van der Waals surface area contributed by atoms with Gasteiger partial charge in [-0.3, -0.25) is 9.59 Å². The lowest BCUT2D eigenvalue weighted by molar-refractivity contribution is -0.172. The minimum Gasteiger partial charge on any atom is -0.480 e. The van der Waals surface area contributed by atoms with Gasteiger partial charge in [-0.2, -0.15) is 0 Å². The van der Waals surface area contributed by atoms with Crippen molar-refractivity contribution in [3.05, 3.63) is 0 Å². The third-order valence-electron chi connectivity index (χ3n) is 2.89. The van der Waals surface area contributed by atoms with Crippen molar-refractivity contribution in [2.75, 3.05) is 0 Å². The highest BCUT2D eigenvalue weighted by atomic mass is 16.5. The van der Waals surface area contributed by atoms with E-state index in [4.69, 9.17) is 9.84 Å². The van der Waals surface area contributed by atoms with Crippen molar-refractivity contribution in [3.63, 3.8) is 0 Å². The second-order valence-corrected chi connectivity index (χ2v) is 3.72. The molecule has 1 atom stereocenters. The van der Waals surface area contributed by atoms with E-state index in [1.807, 2.05) is 6.92 Å². The Hall–Kier alpha value is -1.06. The second kappa shape index (κ2) is 5.73. The zero-order valence-electron chi connectivity index (χ0n) is 9.87. The van der Waals surface area contributed by atoms with Crippen molar-refractivity contribution in [3.8, 4) is 0 Å². The van der Waals surface area contributed by atoms with Gasteiger partial charge in [0.15, 0.2) is 5.41 Å². The predicted octanol–water partition coefficient (Wildman–Crippen LogP) is 2.22. The van der Waals surface area contributed by atoms with Crippen LogP contribution in [0.5, 0.6) is 0 Å². The van der Waals surface area contributed by atoms with Crippen LogP contribution in [0.15, 0.2) is 0 Å². The molecule has 0 amide bonds. The van der Waals surface area contributed by atoms with Gasteiger partial charge in [0.25, 0.3) is 0 Å². The molecule has 0 fully saturated rings. The lowest BCUT2D eigenvalue weighted by atomic mass is 9.82. The number of carboxylic acid groups (broad SMARTS) is 1. The molecule has 4 nitrogen and oxygen atoms in total. The fourth-order valence-electron chi connectivity index (χ4n) is 1.31. The number of carbonyl (C=O) groups is 2. The van der Waals surface area contributed by atoms with E-state index in [2.05, 4.69) is 0 Å². The summed E-state index contributed by atoms with van der Waals surface area (Å²) < 4.78 is 5.09. The van der Waals surface area contributed by atoms with Crippen LogP contribution in [0.4, 0.5) is 0 Å². The first kappa shape index (κ1) is 13.9. The third-order valence-corrected chi connectivity index (χ3v) is 2.89. The molecule has 0 aliphatic rings. The van der Waals surface area contributed by atoms with Gasteiger partial charge in [-0.15, -0.1) is 0 Å². The molecule has 0 aliphatic carbocycles. The van der Waals surface area contributed by atoms with E-state index in [-0.39, 0.29) is 18.9 Å². The quantitative estimate of drug-likeness (QED) is 0.546. The average Bonchev–Trinajstić information content (AvgIpc) is 2.19. The highest BCUT2D eigenvalue weighted by Crippen LogP contribution is 2.29. The van der Waals surface area contributed by atoms with E-state index < -0.39 is 17.4 Å². The SMILES string of the molecule is CCC(C)OC(=O)C(CC)(CC)C(=O)O. The summed E-state index contributed by atoms with van der Waals surface area (Å²) in [5, 5.41) is 9.08. The lowest BCUT2D eigenvalue weighted by Crippen LogP contribution is -2.40. The summed E-state index contributed by atoms with van der Waals surface area (Å²) in [6.45, 7) is 7.03. The average molecular weight is 216 g/mol. The Kier molecular flexibility index (Phi) is 5.33. The van der Waals surface area contributed by atoms with Crippen molar-refractivity contribution in [2.24, 2.45) is 5.41 Å². The van der Waals surface area contributed by atoms with E-state index in [0.29, 0.717) is 6.42 Å². The van der Waals surface area contributed by atoms with Crippen LogP contribution in [0, 0.1) is 5.41 Å². The first-order valence-corrected chi connectivity index (χ1v) is 5.39. The molecule has 0 bridgehead atoms. The zero-order chi connectivity index (χ0) is 12.1. The highest BCUT2D eigenvalue weighted by Gasteiger charge is 2.44. The number of ether oxygens (including phenoxy) is 1. The van der Waals surface area contributed by atoms with Crippen molar-refractivity contribution in [1.82, 2.24) is 0 Å². The summed E-state index contributed by atoms with van der Waals surface area (Å²) in [6, 6.07) is 0. The Morgan fingerprint density at radius 3 is 2.00 bits per heavy atom. The van der Waals surface area contributed by atoms with Crippen molar-refractivity contribution in [2.45, 2.75) is 53.1 Å². The van der Waals surface area contributed by atoms with Crippen molar-refractivity contribution < 1.29 is 19.4 Å². The van der Waals surface area contributed by atoms with Gasteiger partial charge in [0, 0.05) is 0 Å². The topological polar surface area (TPSA) is 63.6 Å². The minimum absolute atomic E-state index is 0.227. The molecule has 0 aromatic carbocycles. The molecular weight excluding hydrogens is 196 g/mol. The molecule has 0 rings (SSSR count). The Morgan fingerprint density at radius 2 is 1.73 bits per heavy atom. The molecule has 4 heteroatoms. The molecule has 0 spiro atoms. The van der Waals surface area contributed by atoms with Crippen LogP contribution >= 0.6 is 0 Å². The predicted molar refractivity (Wildman–Crippen MR) is 56.5 cm³/mol. The van der Waals surface area contributed by atoms with Crippen molar-refractivity contribution >= 4 is 11.9 Å². The number of hydrogen-bond acceptors (Lipinski definition) is 3. The Morgan fingerprint density at radius 1 is 1.27 bits per heavy atom. The lowest BCUT2D eigenvalue weighted by Gasteiger charge is -2.26. The zero-order valence-corrected chi connectivity index (χ0v) is 9.87. The molecule has 15 heavy (non-hydrogen) atoms. The van der Waals surface area contributed by atoms with Gasteiger partial charge in [0.1, 0.15) is 0 Å². The van der Waals surface area contributed by atoms with E-state index in [1.165, 1.54) is 0 Å². The highest BCUT2D eigenvalue weighted by molar-refractivity contribution is 5.99. The largest absolute Gasteiger partial charge is 0.480 e. The van der Waals surface area contributed by atoms with Gasteiger partial charge in [0.05, 0.1) is 6.10 Å². The van der Waals surface area contributed by atoms with Crippen LogP contribution in [-0.4, -0.2) is 23.1 Å². The Balaban J connectivity index is 4.78. The monoisotopic (exact) mass is 216 g/mol. The van der Waals surface area contributed by atoms with Gasteiger partial charge in [-0.1, -0.05) is 20.8 Å². The molecule has 0 aromatic heterocycles. The molecule has 0 heterocycles. The third kappa shape index (κ3) is 2.94. The maximum absolute atomic E-state index is 11.7. The van der Waals surface area contributed by atoms with Crippen molar-refractivity contribution in [1.29, 1.82) is 0 Å². The fourth-order valence-corrected chi connectivity index (χ4v) is 1.31. The molecular formula is C11H20O4. The van der Waals surface area contributed by atoms with E-state index in [1.54, 1.807) is 20.8 Å². The van der Waals surface area contributed by atoms with Crippen LogP contribution < -0.4 is 0 Å². The number of hydrogen-bond donors (Lipinski definition) is 1. The van der Waals surface area contributed by atoms with Gasteiger partial charge in [0.2, 0.25) is 0 Å². The van der Waals surface area contributed by atoms with Crippen LogP contribution in [0.3, 0.4) is 0 Å². The summed E-state index contributed by atoms with van der Waals surface area (Å²) in [4.78, 5) is 22.8. The first-order valence-electron chi connectivity index (χ1n) is 5.39. The van der Waals surface area contributed by atoms with Crippen LogP contribution in [0.2, 0.25) is 0 Å². The summed E-state index contributed by atoms with van der Waals surface area (Å²) in [5.41, 5.74) is -1.37. The normalized spacial score (nSPS) is 13.3. The summed E-state index contributed by atoms with van der Waals surface area (Å²) >= 11 is 0. The number of esters is 1. The fraction of sp³-hybridized carbons (Fsp3) is 0.818. The van der Waals surface area contributed by atoms with Gasteiger partial charge in [-0.25, -0.2) is 0 Å². The van der Waals surface area contributed by atoms with Gasteiger partial charge < -0.3 is 9.84 Å². The van der Waals surface area contributed by atoms with Crippen LogP contribution in [-0.2, 0) is 14.3 Å². The second-order valence-electron chi connectivity index (χ2n) is 3.72. The summed E-state index contributed by atoms with van der Waals surface area (Å²) in [5.74, 6) is -1.71. The standard InChI is InChI=1S/C11H20O4/c1-5-8(4)15-10(14)11(6-2,7-3)9(12)13/h8H,5-7H2,1-4H3,(H,12,13). The van der Waals surface area contributed by atoms with Gasteiger partial charge >= 0.3 is 11.9 Å². The molecule has 0 saturated carbocycles.